The predicted octanol–water partition coefficient (Wildman–Crippen LogP) is 0.389. The Morgan fingerprint density at radius 1 is 1.29 bits per heavy atom. The highest BCUT2D eigenvalue weighted by Crippen LogP contribution is 2.35. The number of rotatable bonds is 1. The van der Waals surface area contributed by atoms with Crippen LogP contribution in [0.3, 0.4) is 0 Å². The Kier molecular flexibility index (Phi) is 2.01. The number of hydrogen-bond acceptors (Lipinski definition) is 3. The largest absolute Gasteiger partial charge is 0.468 e. The SMILES string of the molecule is COC(=O)C12C=NC=C1C=c1ccccc1=C2. The monoisotopic (exact) mass is 225 g/mol. The number of carbonyl (C=O) groups excluding carboxylic acids is 1. The van der Waals surface area contributed by atoms with E-state index in [4.69, 9.17) is 4.74 Å². The van der Waals surface area contributed by atoms with E-state index in [1.54, 1.807) is 12.4 Å². The van der Waals surface area contributed by atoms with E-state index in [-0.39, 0.29) is 5.97 Å². The van der Waals surface area contributed by atoms with Crippen LogP contribution in [-0.2, 0) is 9.53 Å². The maximum absolute atomic E-state index is 12.0. The molecule has 1 unspecified atom stereocenters. The fourth-order valence-corrected chi connectivity index (χ4v) is 2.28. The van der Waals surface area contributed by atoms with Crippen molar-refractivity contribution >= 4 is 24.3 Å². The topological polar surface area (TPSA) is 38.7 Å². The summed E-state index contributed by atoms with van der Waals surface area (Å²) in [4.78, 5) is 16.1. The molecule has 0 aromatic heterocycles. The highest BCUT2D eigenvalue weighted by molar-refractivity contribution is 6.10. The lowest BCUT2D eigenvalue weighted by Crippen LogP contribution is -2.40. The van der Waals surface area contributed by atoms with Crippen molar-refractivity contribution in [2.45, 2.75) is 0 Å². The highest BCUT2D eigenvalue weighted by Gasteiger charge is 2.42. The van der Waals surface area contributed by atoms with Crippen molar-refractivity contribution < 1.29 is 9.53 Å². The molecule has 1 heterocycles. The molecule has 0 saturated carbocycles. The molecule has 1 aliphatic heterocycles. The quantitative estimate of drug-likeness (QED) is 0.648. The first-order chi connectivity index (χ1) is 8.26. The van der Waals surface area contributed by atoms with Crippen molar-refractivity contribution in [1.29, 1.82) is 0 Å². The van der Waals surface area contributed by atoms with E-state index in [9.17, 15) is 4.79 Å². The fourth-order valence-electron chi connectivity index (χ4n) is 2.28. The van der Waals surface area contributed by atoms with Crippen LogP contribution >= 0.6 is 0 Å². The Hall–Kier alpha value is -2.16. The molecule has 1 aromatic rings. The number of esters is 1. The van der Waals surface area contributed by atoms with E-state index < -0.39 is 5.41 Å². The van der Waals surface area contributed by atoms with Gasteiger partial charge >= 0.3 is 5.97 Å². The summed E-state index contributed by atoms with van der Waals surface area (Å²) < 4.78 is 4.89. The molecular weight excluding hydrogens is 214 g/mol. The minimum atomic E-state index is -0.830. The van der Waals surface area contributed by atoms with Crippen molar-refractivity contribution in [1.82, 2.24) is 0 Å². The Bertz CT molecular complexity index is 670. The number of methoxy groups -OCH3 is 1. The second kappa shape index (κ2) is 3.42. The summed E-state index contributed by atoms with van der Waals surface area (Å²) >= 11 is 0. The Balaban J connectivity index is 2.32. The summed E-state index contributed by atoms with van der Waals surface area (Å²) in [5, 5.41) is 2.13. The van der Waals surface area contributed by atoms with Crippen molar-refractivity contribution in [2.24, 2.45) is 10.4 Å². The van der Waals surface area contributed by atoms with Gasteiger partial charge in [0.05, 0.1) is 7.11 Å². The molecule has 1 atom stereocenters. The van der Waals surface area contributed by atoms with Gasteiger partial charge in [0.2, 0.25) is 0 Å². The summed E-state index contributed by atoms with van der Waals surface area (Å²) in [6.45, 7) is 0. The zero-order valence-electron chi connectivity index (χ0n) is 9.38. The number of benzene rings is 1. The molecule has 0 amide bonds. The third kappa shape index (κ3) is 1.29. The van der Waals surface area contributed by atoms with E-state index >= 15 is 0 Å². The van der Waals surface area contributed by atoms with Gasteiger partial charge in [0.25, 0.3) is 0 Å². The van der Waals surface area contributed by atoms with Crippen molar-refractivity contribution in [2.75, 3.05) is 7.11 Å². The van der Waals surface area contributed by atoms with E-state index in [1.807, 2.05) is 36.4 Å². The molecule has 0 spiro atoms. The third-order valence-corrected chi connectivity index (χ3v) is 3.18. The lowest BCUT2D eigenvalue weighted by molar-refractivity contribution is -0.143. The van der Waals surface area contributed by atoms with Gasteiger partial charge in [-0.3, -0.25) is 9.79 Å². The summed E-state index contributed by atoms with van der Waals surface area (Å²) in [6, 6.07) is 7.94. The minimum absolute atomic E-state index is 0.296. The molecule has 3 heteroatoms. The Morgan fingerprint density at radius 2 is 2.06 bits per heavy atom. The highest BCUT2D eigenvalue weighted by atomic mass is 16.5. The average molecular weight is 225 g/mol. The van der Waals surface area contributed by atoms with Crippen LogP contribution in [-0.4, -0.2) is 19.3 Å². The van der Waals surface area contributed by atoms with Gasteiger partial charge < -0.3 is 4.74 Å². The van der Waals surface area contributed by atoms with Gasteiger partial charge in [-0.1, -0.05) is 24.3 Å². The van der Waals surface area contributed by atoms with Crippen LogP contribution in [0.2, 0.25) is 0 Å². The Labute approximate surface area is 98.4 Å². The zero-order valence-corrected chi connectivity index (χ0v) is 9.38. The molecule has 3 nitrogen and oxygen atoms in total. The van der Waals surface area contributed by atoms with Crippen LogP contribution in [0.5, 0.6) is 0 Å². The van der Waals surface area contributed by atoms with Crippen LogP contribution in [0.1, 0.15) is 0 Å². The van der Waals surface area contributed by atoms with Crippen LogP contribution in [0, 0.1) is 5.41 Å². The number of nitrogens with zero attached hydrogens (tertiary/aromatic N) is 1. The molecule has 0 radical (unpaired) electrons. The van der Waals surface area contributed by atoms with E-state index in [1.165, 1.54) is 7.11 Å². The first kappa shape index (κ1) is 10.0. The normalized spacial score (nSPS) is 23.9. The van der Waals surface area contributed by atoms with Gasteiger partial charge in [-0.25, -0.2) is 0 Å². The number of aliphatic imine (C=N–C) groups is 1. The van der Waals surface area contributed by atoms with Crippen molar-refractivity contribution in [3.05, 3.63) is 46.5 Å². The standard InChI is InChI=1S/C14H11NO2/c1-17-13(16)14-7-11-5-3-2-4-10(11)6-12(14)8-15-9-14/h2-9H,1H3. The van der Waals surface area contributed by atoms with Gasteiger partial charge in [-0.15, -0.1) is 0 Å². The maximum atomic E-state index is 12.0. The number of ether oxygens (including phenoxy) is 1. The summed E-state index contributed by atoms with van der Waals surface area (Å²) in [7, 11) is 1.40. The minimum Gasteiger partial charge on any atom is -0.468 e. The molecule has 3 rings (SSSR count). The summed E-state index contributed by atoms with van der Waals surface area (Å²) in [5.74, 6) is -0.296. The van der Waals surface area contributed by atoms with Gasteiger partial charge in [-0.2, -0.15) is 0 Å². The number of fused-ring (bicyclic) bond motifs is 2. The molecule has 0 saturated heterocycles. The van der Waals surface area contributed by atoms with Crippen LogP contribution in [0.15, 0.2) is 41.0 Å². The van der Waals surface area contributed by atoms with E-state index in [0.717, 1.165) is 16.0 Å². The fraction of sp³-hybridized carbons (Fsp3) is 0.143. The second-order valence-corrected chi connectivity index (χ2v) is 4.14. The molecule has 1 aromatic carbocycles. The first-order valence-corrected chi connectivity index (χ1v) is 5.39. The summed E-state index contributed by atoms with van der Waals surface area (Å²) in [5.41, 5.74) is 0.0337. The Morgan fingerprint density at radius 3 is 2.82 bits per heavy atom. The van der Waals surface area contributed by atoms with Gasteiger partial charge in [0.1, 0.15) is 5.41 Å². The zero-order chi connectivity index (χ0) is 11.9. The molecular formula is C14H11NO2. The number of carbonyl (C=O) groups is 1. The number of hydrogen-bond donors (Lipinski definition) is 0. The van der Waals surface area contributed by atoms with Gasteiger partial charge in [-0.05, 0) is 28.2 Å². The van der Waals surface area contributed by atoms with Crippen LogP contribution in [0.4, 0.5) is 0 Å². The lowest BCUT2D eigenvalue weighted by Gasteiger charge is -2.23. The maximum Gasteiger partial charge on any atom is 0.325 e. The third-order valence-electron chi connectivity index (χ3n) is 3.18. The molecule has 0 bridgehead atoms. The van der Waals surface area contributed by atoms with Crippen molar-refractivity contribution in [3.8, 4) is 0 Å². The van der Waals surface area contributed by atoms with E-state index in [2.05, 4.69) is 4.99 Å². The first-order valence-electron chi connectivity index (χ1n) is 5.39. The molecule has 2 aliphatic rings. The van der Waals surface area contributed by atoms with Gasteiger partial charge in [0, 0.05) is 12.4 Å². The van der Waals surface area contributed by atoms with Crippen molar-refractivity contribution in [3.63, 3.8) is 0 Å². The molecule has 17 heavy (non-hydrogen) atoms. The molecule has 0 N–H and O–H groups in total. The molecule has 0 fully saturated rings. The molecule has 1 aliphatic carbocycles. The van der Waals surface area contributed by atoms with E-state index in [0.29, 0.717) is 0 Å². The van der Waals surface area contributed by atoms with Gasteiger partial charge in [0.15, 0.2) is 0 Å². The summed E-state index contributed by atoms with van der Waals surface area (Å²) in [6.07, 6.45) is 7.25. The molecule has 84 valence electrons. The van der Waals surface area contributed by atoms with Crippen LogP contribution < -0.4 is 10.4 Å². The predicted molar refractivity (Wildman–Crippen MR) is 65.6 cm³/mol. The lowest BCUT2D eigenvalue weighted by atomic mass is 9.78. The second-order valence-electron chi connectivity index (χ2n) is 4.14. The average Bonchev–Trinajstić information content (AvgIpc) is 2.78. The van der Waals surface area contributed by atoms with Crippen LogP contribution in [0.25, 0.3) is 12.2 Å². The smallest absolute Gasteiger partial charge is 0.325 e.